The lowest BCUT2D eigenvalue weighted by Gasteiger charge is -2.39. The van der Waals surface area contributed by atoms with Crippen molar-refractivity contribution in [3.8, 4) is 0 Å². The molecule has 1 aromatic rings. The Balaban J connectivity index is 1.08. The maximum Gasteiger partial charge on any atom is 0.410 e. The van der Waals surface area contributed by atoms with E-state index in [4.69, 9.17) is 22.1 Å². The molecule has 10 nitrogen and oxygen atoms in total. The third kappa shape index (κ3) is 7.80. The molecule has 2 saturated carbocycles. The number of nitrogens with one attached hydrogen (secondary N) is 2. The largest absolute Gasteiger partial charge is 0.443 e. The highest BCUT2D eigenvalue weighted by Crippen LogP contribution is 2.41. The molecule has 2 amide bonds. The summed E-state index contributed by atoms with van der Waals surface area (Å²) >= 11 is 6.21. The second-order valence-electron chi connectivity index (χ2n) is 14.4. The predicted octanol–water partition coefficient (Wildman–Crippen LogP) is 3.98. The summed E-state index contributed by atoms with van der Waals surface area (Å²) in [6.45, 7) is 4.38. The van der Waals surface area contributed by atoms with Crippen LogP contribution in [-0.4, -0.2) is 91.3 Å². The number of likely N-dealkylation sites (tertiary alicyclic amines) is 1. The number of benzene rings is 1. The molecular weight excluding hydrogens is 614 g/mol. The van der Waals surface area contributed by atoms with Gasteiger partial charge in [0, 0.05) is 55.2 Å². The minimum absolute atomic E-state index is 0.0277. The Hall–Kier alpha value is -1.92. The molecule has 4 N–H and O–H groups in total. The molecule has 0 radical (unpaired) electrons. The number of carbonyl (C=O) groups excluding carboxylic acids is 2. The number of ether oxygens (including phenoxy) is 1. The molecule has 0 spiro atoms. The Bertz CT molecular complexity index is 1320. The van der Waals surface area contributed by atoms with Gasteiger partial charge in [0.25, 0.3) is 0 Å². The van der Waals surface area contributed by atoms with Gasteiger partial charge < -0.3 is 26.0 Å². The molecule has 6 rings (SSSR count). The van der Waals surface area contributed by atoms with E-state index < -0.39 is 16.1 Å². The highest BCUT2D eigenvalue weighted by Gasteiger charge is 2.44. The summed E-state index contributed by atoms with van der Waals surface area (Å²) in [5.41, 5.74) is 7.51. The monoisotopic (exact) mass is 663 g/mol. The smallest absolute Gasteiger partial charge is 0.410 e. The fourth-order valence-corrected chi connectivity index (χ4v) is 10.1. The molecule has 3 heterocycles. The zero-order chi connectivity index (χ0) is 31.8. The van der Waals surface area contributed by atoms with Gasteiger partial charge in [-0.25, -0.2) is 13.2 Å². The van der Waals surface area contributed by atoms with Gasteiger partial charge in [0.2, 0.25) is 15.9 Å². The number of piperidine rings is 1. The lowest BCUT2D eigenvalue weighted by molar-refractivity contribution is -0.124. The SMILES string of the molecule is CC1(OC(=O)N2CCC([C@H](c3ccc(Cl)cc3)[C@H](N)C(=O)N[C@H]3CCC[C@@H]3CC[C@H]3CN[C@@H]4CCCS(=O)(=O)N3C4)CC2)CC1. The van der Waals surface area contributed by atoms with Crippen molar-refractivity contribution in [3.63, 3.8) is 0 Å². The maximum absolute atomic E-state index is 13.8. The van der Waals surface area contributed by atoms with Crippen LogP contribution in [0.3, 0.4) is 0 Å². The minimum Gasteiger partial charge on any atom is -0.443 e. The van der Waals surface area contributed by atoms with Gasteiger partial charge in [-0.15, -0.1) is 0 Å². The van der Waals surface area contributed by atoms with Crippen molar-refractivity contribution < 1.29 is 22.7 Å². The first-order chi connectivity index (χ1) is 21.5. The molecule has 12 heteroatoms. The van der Waals surface area contributed by atoms with Crippen molar-refractivity contribution in [3.05, 3.63) is 34.9 Å². The van der Waals surface area contributed by atoms with Crippen LogP contribution in [0.2, 0.25) is 5.02 Å². The van der Waals surface area contributed by atoms with E-state index in [0.717, 1.165) is 69.8 Å². The van der Waals surface area contributed by atoms with E-state index in [1.807, 2.05) is 31.2 Å². The molecule has 5 aliphatic rings. The molecule has 1 unspecified atom stereocenters. The first-order valence-corrected chi connectivity index (χ1v) is 19.0. The Kier molecular flexibility index (Phi) is 10.0. The number of halogens is 1. The van der Waals surface area contributed by atoms with Crippen LogP contribution in [0.4, 0.5) is 4.79 Å². The summed E-state index contributed by atoms with van der Waals surface area (Å²) in [6, 6.07) is 7.11. The predicted molar refractivity (Wildman–Crippen MR) is 174 cm³/mol. The zero-order valence-corrected chi connectivity index (χ0v) is 28.0. The lowest BCUT2D eigenvalue weighted by Crippen LogP contribution is -2.57. The van der Waals surface area contributed by atoms with Crippen LogP contribution in [0.5, 0.6) is 0 Å². The molecule has 5 fully saturated rings. The second kappa shape index (κ2) is 13.7. The van der Waals surface area contributed by atoms with E-state index >= 15 is 0 Å². The van der Waals surface area contributed by atoms with Gasteiger partial charge in [0.05, 0.1) is 11.8 Å². The Morgan fingerprint density at radius 3 is 2.53 bits per heavy atom. The minimum atomic E-state index is -3.22. The molecular formula is C33H50ClN5O5S. The second-order valence-corrected chi connectivity index (χ2v) is 16.9. The Morgan fingerprint density at radius 1 is 1.09 bits per heavy atom. The van der Waals surface area contributed by atoms with E-state index in [1.54, 1.807) is 9.21 Å². The first kappa shape index (κ1) is 33.0. The summed E-state index contributed by atoms with van der Waals surface area (Å²) in [7, 11) is -3.22. The lowest BCUT2D eigenvalue weighted by atomic mass is 9.75. The first-order valence-electron chi connectivity index (χ1n) is 17.0. The van der Waals surface area contributed by atoms with Crippen LogP contribution in [0.1, 0.15) is 89.0 Å². The van der Waals surface area contributed by atoms with Crippen molar-refractivity contribution >= 4 is 33.6 Å². The van der Waals surface area contributed by atoms with Crippen LogP contribution >= 0.6 is 11.6 Å². The highest BCUT2D eigenvalue weighted by atomic mass is 35.5. The van der Waals surface area contributed by atoms with Gasteiger partial charge in [0.15, 0.2) is 0 Å². The van der Waals surface area contributed by atoms with E-state index in [9.17, 15) is 18.0 Å². The standard InChI is InChI=1S/C33H50ClN5O5S/c1-33(15-16-33)44-32(41)38-17-13-24(14-18-38)29(23-7-10-25(34)11-8-23)30(35)31(40)37-28-6-2-4-22(28)9-12-27-20-36-26-5-3-19-45(42,43)39(27)21-26/h7-8,10-11,22,24,26-30,36H,2-6,9,12-21,35H2,1H3,(H,37,40)/t22-,26-,27+,28+,29+,30+/m1/s1. The fraction of sp³-hybridized carbons (Fsp3) is 0.758. The molecule has 3 aliphatic heterocycles. The van der Waals surface area contributed by atoms with Crippen LogP contribution in [0, 0.1) is 11.8 Å². The summed E-state index contributed by atoms with van der Waals surface area (Å²) in [6.07, 6.45) is 9.29. The third-order valence-corrected chi connectivity index (χ3v) is 13.4. The molecule has 250 valence electrons. The van der Waals surface area contributed by atoms with E-state index in [-0.39, 0.29) is 53.3 Å². The number of carbonyl (C=O) groups is 2. The molecule has 7 atom stereocenters. The van der Waals surface area contributed by atoms with Crippen molar-refractivity contribution in [2.24, 2.45) is 17.6 Å². The van der Waals surface area contributed by atoms with Gasteiger partial charge in [-0.3, -0.25) is 4.79 Å². The number of fused-ring (bicyclic) bond motifs is 2. The summed E-state index contributed by atoms with van der Waals surface area (Å²) in [5, 5.41) is 7.52. The maximum atomic E-state index is 13.8. The zero-order valence-electron chi connectivity index (χ0n) is 26.5. The Labute approximate surface area is 273 Å². The topological polar surface area (TPSA) is 134 Å². The van der Waals surface area contributed by atoms with Crippen LogP contribution in [0.25, 0.3) is 0 Å². The number of nitrogens with zero attached hydrogens (tertiary/aromatic N) is 2. The van der Waals surface area contributed by atoms with Gasteiger partial charge in [0.1, 0.15) is 5.60 Å². The molecule has 45 heavy (non-hydrogen) atoms. The summed E-state index contributed by atoms with van der Waals surface area (Å²) in [4.78, 5) is 28.3. The Morgan fingerprint density at radius 2 is 1.82 bits per heavy atom. The number of amides is 2. The summed E-state index contributed by atoms with van der Waals surface area (Å²) in [5.74, 6) is 0.303. The number of piperazine rings is 1. The van der Waals surface area contributed by atoms with Crippen molar-refractivity contribution in [1.82, 2.24) is 19.8 Å². The van der Waals surface area contributed by atoms with Crippen LogP contribution < -0.4 is 16.4 Å². The van der Waals surface area contributed by atoms with Gasteiger partial charge >= 0.3 is 6.09 Å². The van der Waals surface area contributed by atoms with Crippen molar-refractivity contribution in [1.29, 1.82) is 0 Å². The normalized spacial score (nSPS) is 32.2. The van der Waals surface area contributed by atoms with E-state index in [2.05, 4.69) is 10.6 Å². The van der Waals surface area contributed by atoms with Gasteiger partial charge in [-0.05, 0) is 101 Å². The quantitative estimate of drug-likeness (QED) is 0.364. The fourth-order valence-electron chi connectivity index (χ4n) is 8.12. The van der Waals surface area contributed by atoms with Gasteiger partial charge in [-0.1, -0.05) is 30.2 Å². The number of hydrogen-bond donors (Lipinski definition) is 3. The van der Waals surface area contributed by atoms with Crippen molar-refractivity contribution in [2.75, 3.05) is 31.9 Å². The highest BCUT2D eigenvalue weighted by molar-refractivity contribution is 7.89. The van der Waals surface area contributed by atoms with Crippen LogP contribution in [0.15, 0.2) is 24.3 Å². The number of nitrogens with two attached hydrogens (primary N) is 1. The van der Waals surface area contributed by atoms with Crippen molar-refractivity contribution in [2.45, 2.75) is 113 Å². The molecule has 2 bridgehead atoms. The number of hydrogen-bond acceptors (Lipinski definition) is 7. The third-order valence-electron chi connectivity index (χ3n) is 11.2. The van der Waals surface area contributed by atoms with E-state index in [0.29, 0.717) is 43.5 Å². The summed E-state index contributed by atoms with van der Waals surface area (Å²) < 4.78 is 33.3. The number of rotatable bonds is 9. The van der Waals surface area contributed by atoms with Crippen LogP contribution in [-0.2, 0) is 19.6 Å². The average Bonchev–Trinajstić information content (AvgIpc) is 3.61. The molecule has 0 aromatic heterocycles. The molecule has 2 aliphatic carbocycles. The van der Waals surface area contributed by atoms with E-state index in [1.165, 1.54) is 0 Å². The number of sulfonamides is 1. The van der Waals surface area contributed by atoms with Gasteiger partial charge in [-0.2, -0.15) is 4.31 Å². The average molecular weight is 664 g/mol. The molecule has 3 saturated heterocycles. The molecule has 1 aromatic carbocycles.